The highest BCUT2D eigenvalue weighted by atomic mass is 16.6. The Kier molecular flexibility index (Phi) is 58.3. The van der Waals surface area contributed by atoms with Crippen LogP contribution in [0.4, 0.5) is 0 Å². The summed E-state index contributed by atoms with van der Waals surface area (Å²) in [6.45, 7) is 7.89. The van der Waals surface area contributed by atoms with Gasteiger partial charge in [-0.15, -0.1) is 0 Å². The molecule has 0 aromatic carbocycles. The van der Waals surface area contributed by atoms with Gasteiger partial charge in [-0.1, -0.05) is 283 Å². The molecule has 0 aliphatic heterocycles. The molecule has 1 unspecified atom stereocenters. The van der Waals surface area contributed by atoms with Crippen LogP contribution in [-0.4, -0.2) is 37.9 Å². The molecule has 0 amide bonds. The van der Waals surface area contributed by atoms with Gasteiger partial charge in [-0.05, 0) is 70.6 Å². The third-order valence-electron chi connectivity index (χ3n) is 14.0. The number of hydrogen-bond acceptors (Lipinski definition) is 5. The molecule has 5 heteroatoms. The van der Waals surface area contributed by atoms with Crippen molar-refractivity contribution in [3.05, 3.63) is 24.3 Å². The third-order valence-corrected chi connectivity index (χ3v) is 14.0. The predicted octanol–water partition coefficient (Wildman–Crippen LogP) is 21.1. The highest BCUT2D eigenvalue weighted by molar-refractivity contribution is 5.70. The van der Waals surface area contributed by atoms with Crippen LogP contribution in [0, 0.1) is 0 Å². The van der Waals surface area contributed by atoms with Gasteiger partial charge >= 0.3 is 11.9 Å². The van der Waals surface area contributed by atoms with Crippen molar-refractivity contribution in [2.75, 3.05) is 19.8 Å². The number of hydrogen-bond donors (Lipinski definition) is 0. The summed E-state index contributed by atoms with van der Waals surface area (Å²) in [5.41, 5.74) is 0. The van der Waals surface area contributed by atoms with Crippen LogP contribution in [-0.2, 0) is 23.8 Å². The second-order valence-corrected chi connectivity index (χ2v) is 21.0. The van der Waals surface area contributed by atoms with Crippen LogP contribution < -0.4 is 0 Å². The van der Waals surface area contributed by atoms with Gasteiger partial charge in [0.2, 0.25) is 0 Å². The van der Waals surface area contributed by atoms with E-state index >= 15 is 0 Å². The monoisotopic (exact) mass is 957 g/mol. The lowest BCUT2D eigenvalue weighted by Crippen LogP contribution is -2.30. The molecule has 0 aliphatic carbocycles. The van der Waals surface area contributed by atoms with Crippen LogP contribution in [0.3, 0.4) is 0 Å². The van der Waals surface area contributed by atoms with Crippen LogP contribution in [0.2, 0.25) is 0 Å². The van der Waals surface area contributed by atoms with Gasteiger partial charge in [-0.2, -0.15) is 0 Å². The Labute approximate surface area is 426 Å². The highest BCUT2D eigenvalue weighted by Gasteiger charge is 2.18. The van der Waals surface area contributed by atoms with E-state index in [-0.39, 0.29) is 18.5 Å². The number of carbonyl (C=O) groups excluding carboxylic acids is 2. The fraction of sp³-hybridized carbons (Fsp3) is 0.905. The van der Waals surface area contributed by atoms with Crippen molar-refractivity contribution in [2.24, 2.45) is 0 Å². The smallest absolute Gasteiger partial charge is 0.306 e. The van der Waals surface area contributed by atoms with Crippen molar-refractivity contribution in [1.82, 2.24) is 0 Å². The molecule has 1 atom stereocenters. The Balaban J connectivity index is 4.18. The van der Waals surface area contributed by atoms with Gasteiger partial charge in [0, 0.05) is 19.4 Å². The standard InChI is InChI=1S/C63H120O5/c1-4-7-10-13-16-19-22-25-27-29-31-33-35-37-40-43-46-49-52-55-58-66-59-61(68-63(65)57-54-51-48-45-42-38-24-21-18-15-12-9-6-3)60-67-62(64)56-53-50-47-44-41-39-36-34-32-30-28-26-23-20-17-14-11-8-5-2/h25-28,61H,4-24,29-60H2,1-3H3/b27-25-,28-26-. The van der Waals surface area contributed by atoms with E-state index in [1.54, 1.807) is 0 Å². The van der Waals surface area contributed by atoms with Crippen LogP contribution in [0.15, 0.2) is 24.3 Å². The van der Waals surface area contributed by atoms with E-state index in [0.29, 0.717) is 26.1 Å². The van der Waals surface area contributed by atoms with Gasteiger partial charge in [-0.25, -0.2) is 0 Å². The molecule has 0 N–H and O–H groups in total. The van der Waals surface area contributed by atoms with E-state index in [4.69, 9.17) is 14.2 Å². The first-order valence-electron chi connectivity index (χ1n) is 30.9. The maximum absolute atomic E-state index is 12.9. The summed E-state index contributed by atoms with van der Waals surface area (Å²) in [6, 6.07) is 0. The van der Waals surface area contributed by atoms with Gasteiger partial charge in [-0.3, -0.25) is 9.59 Å². The Morgan fingerprint density at radius 2 is 0.574 bits per heavy atom. The molecule has 5 nitrogen and oxygen atoms in total. The molecule has 0 aliphatic rings. The lowest BCUT2D eigenvalue weighted by Gasteiger charge is -2.18. The number of allylic oxidation sites excluding steroid dienone is 4. The molecule has 0 bridgehead atoms. The molecule has 0 saturated carbocycles. The molecule has 0 radical (unpaired) electrons. The van der Waals surface area contributed by atoms with Gasteiger partial charge in [0.05, 0.1) is 6.61 Å². The predicted molar refractivity (Wildman–Crippen MR) is 298 cm³/mol. The molecule has 0 heterocycles. The van der Waals surface area contributed by atoms with Crippen molar-refractivity contribution in [2.45, 2.75) is 348 Å². The highest BCUT2D eigenvalue weighted by Crippen LogP contribution is 2.17. The molecule has 0 fully saturated rings. The number of rotatable bonds is 58. The summed E-state index contributed by atoms with van der Waals surface area (Å²) >= 11 is 0. The topological polar surface area (TPSA) is 61.8 Å². The van der Waals surface area contributed by atoms with E-state index in [9.17, 15) is 9.59 Å². The van der Waals surface area contributed by atoms with Crippen molar-refractivity contribution >= 4 is 11.9 Å². The van der Waals surface area contributed by atoms with Gasteiger partial charge in [0.1, 0.15) is 6.61 Å². The summed E-state index contributed by atoms with van der Waals surface area (Å²) in [6.07, 6.45) is 72.1. The van der Waals surface area contributed by atoms with Crippen LogP contribution >= 0.6 is 0 Å². The maximum Gasteiger partial charge on any atom is 0.306 e. The minimum Gasteiger partial charge on any atom is -0.462 e. The molecule has 0 aromatic rings. The maximum atomic E-state index is 12.9. The Morgan fingerprint density at radius 3 is 0.897 bits per heavy atom. The zero-order valence-electron chi connectivity index (χ0n) is 46.4. The zero-order valence-corrected chi connectivity index (χ0v) is 46.4. The Hall–Kier alpha value is -1.62. The van der Waals surface area contributed by atoms with Gasteiger partial charge in [0.15, 0.2) is 6.10 Å². The first-order chi connectivity index (χ1) is 33.6. The van der Waals surface area contributed by atoms with E-state index in [0.717, 1.165) is 32.1 Å². The largest absolute Gasteiger partial charge is 0.462 e. The summed E-state index contributed by atoms with van der Waals surface area (Å²) in [5.74, 6) is -0.376. The first kappa shape index (κ1) is 66.4. The number of unbranched alkanes of at least 4 members (excludes halogenated alkanes) is 43. The second-order valence-electron chi connectivity index (χ2n) is 21.0. The lowest BCUT2D eigenvalue weighted by molar-refractivity contribution is -0.163. The third kappa shape index (κ3) is 57.0. The summed E-state index contributed by atoms with van der Waals surface area (Å²) < 4.78 is 17.5. The van der Waals surface area contributed by atoms with Crippen LogP contribution in [0.5, 0.6) is 0 Å². The fourth-order valence-corrected chi connectivity index (χ4v) is 9.33. The van der Waals surface area contributed by atoms with E-state index in [2.05, 4.69) is 45.1 Å². The normalized spacial score (nSPS) is 12.2. The molecule has 68 heavy (non-hydrogen) atoms. The fourth-order valence-electron chi connectivity index (χ4n) is 9.33. The van der Waals surface area contributed by atoms with Crippen LogP contribution in [0.1, 0.15) is 342 Å². The molecular formula is C63H120O5. The van der Waals surface area contributed by atoms with Gasteiger partial charge in [0.25, 0.3) is 0 Å². The van der Waals surface area contributed by atoms with Crippen molar-refractivity contribution in [3.63, 3.8) is 0 Å². The number of esters is 2. The van der Waals surface area contributed by atoms with Crippen molar-refractivity contribution in [1.29, 1.82) is 0 Å². The summed E-state index contributed by atoms with van der Waals surface area (Å²) in [5, 5.41) is 0. The van der Waals surface area contributed by atoms with Crippen molar-refractivity contribution < 1.29 is 23.8 Å². The quantitative estimate of drug-likeness (QED) is 0.0345. The van der Waals surface area contributed by atoms with Crippen LogP contribution in [0.25, 0.3) is 0 Å². The average Bonchev–Trinajstić information content (AvgIpc) is 3.34. The van der Waals surface area contributed by atoms with E-state index < -0.39 is 6.10 Å². The Morgan fingerprint density at radius 1 is 0.309 bits per heavy atom. The number of carbonyl (C=O) groups is 2. The van der Waals surface area contributed by atoms with E-state index in [1.807, 2.05) is 0 Å². The molecule has 0 rings (SSSR count). The van der Waals surface area contributed by atoms with E-state index in [1.165, 1.54) is 276 Å². The zero-order chi connectivity index (χ0) is 49.2. The summed E-state index contributed by atoms with van der Waals surface area (Å²) in [7, 11) is 0. The summed E-state index contributed by atoms with van der Waals surface area (Å²) in [4.78, 5) is 25.5. The SMILES string of the molecule is CCCCCCCC/C=C\CCCCCCCCCCCCOCC(COC(=O)CCCCCCCCCCC/C=C\CCCCCCCC)OC(=O)CCCCCCCCCCCCCCC. The molecule has 0 spiro atoms. The molecular weight excluding hydrogens is 837 g/mol. The minimum atomic E-state index is -0.532. The van der Waals surface area contributed by atoms with Crippen molar-refractivity contribution in [3.8, 4) is 0 Å². The molecule has 0 aromatic heterocycles. The number of ether oxygens (including phenoxy) is 3. The van der Waals surface area contributed by atoms with Gasteiger partial charge < -0.3 is 14.2 Å². The lowest BCUT2D eigenvalue weighted by atomic mass is 10.0. The second kappa shape index (κ2) is 59.7. The first-order valence-corrected chi connectivity index (χ1v) is 30.9. The Bertz CT molecular complexity index is 1040. The minimum absolute atomic E-state index is 0.0913. The molecule has 0 saturated heterocycles. The molecule has 402 valence electrons. The average molecular weight is 958 g/mol.